The molecule has 2 rings (SSSR count). The van der Waals surface area contributed by atoms with Gasteiger partial charge in [0.25, 0.3) is 10.9 Å². The van der Waals surface area contributed by atoms with Crippen molar-refractivity contribution in [1.82, 2.24) is 4.90 Å². The second kappa shape index (κ2) is 7.71. The average molecular weight is 293 g/mol. The molecule has 0 saturated carbocycles. The summed E-state index contributed by atoms with van der Waals surface area (Å²) in [5.74, 6) is 0.155. The number of aliphatic hydroxyl groups is 1. The van der Waals surface area contributed by atoms with Crippen LogP contribution in [-0.4, -0.2) is 29.0 Å². The number of hydrogen-bond donors (Lipinski definition) is 1. The van der Waals surface area contributed by atoms with E-state index in [1.165, 1.54) is 11.3 Å². The molecule has 1 unspecified atom stereocenters. The number of amides is 1. The number of halogens is 1. The smallest absolute Gasteiger partial charge is 0.288 e. The highest BCUT2D eigenvalue weighted by atomic mass is 35.5. The molecule has 6 heteroatoms. The Morgan fingerprint density at radius 2 is 2.17 bits per heavy atom. The molecule has 4 nitrogen and oxygen atoms in total. The Hall–Kier alpha value is -0.650. The highest BCUT2D eigenvalue weighted by molar-refractivity contribution is 7.09. The van der Waals surface area contributed by atoms with Crippen LogP contribution in [0.25, 0.3) is 0 Å². The largest absolute Gasteiger partial charge is 1.00 e. The summed E-state index contributed by atoms with van der Waals surface area (Å²) in [6.45, 7) is 3.84. The first-order chi connectivity index (χ1) is 7.68. The molecule has 1 fully saturated rings. The molecule has 0 bridgehead atoms. The van der Waals surface area contributed by atoms with Gasteiger partial charge in [-0.2, -0.15) is 4.57 Å². The molecular weight excluding hydrogens is 272 g/mol. The Labute approximate surface area is 119 Å². The van der Waals surface area contributed by atoms with Crippen LogP contribution >= 0.6 is 11.3 Å². The topological polar surface area (TPSA) is 44.4 Å². The number of aromatic nitrogens is 1. The van der Waals surface area contributed by atoms with Crippen LogP contribution in [0.4, 0.5) is 0 Å². The van der Waals surface area contributed by atoms with Gasteiger partial charge in [-0.25, -0.2) is 0 Å². The zero-order valence-corrected chi connectivity index (χ0v) is 11.4. The second-order valence-electron chi connectivity index (χ2n) is 4.13. The lowest BCUT2D eigenvalue weighted by molar-refractivity contribution is -0.690. The molecule has 1 atom stereocenters. The van der Waals surface area contributed by atoms with E-state index in [1.54, 1.807) is 6.92 Å². The Balaban J connectivity index is 0.00000144. The molecule has 0 radical (unpaired) electrons. The van der Waals surface area contributed by atoms with E-state index >= 15 is 0 Å². The van der Waals surface area contributed by atoms with Crippen molar-refractivity contribution in [1.29, 1.82) is 0 Å². The van der Waals surface area contributed by atoms with Crippen molar-refractivity contribution in [2.75, 3.05) is 13.1 Å². The predicted molar refractivity (Wildman–Crippen MR) is 67.7 cm³/mol. The zero-order chi connectivity index (χ0) is 11.5. The number of rotatable bonds is 3. The van der Waals surface area contributed by atoms with Crippen LogP contribution in [0.5, 0.6) is 0 Å². The van der Waals surface area contributed by atoms with Crippen LogP contribution < -0.4 is 17.0 Å². The van der Waals surface area contributed by atoms with Crippen molar-refractivity contribution in [3.63, 3.8) is 0 Å². The summed E-state index contributed by atoms with van der Waals surface area (Å²) in [6, 6.07) is 0. The number of thiazole rings is 1. The van der Waals surface area contributed by atoms with E-state index in [9.17, 15) is 9.90 Å². The first-order valence-corrected chi connectivity index (χ1v) is 6.49. The van der Waals surface area contributed by atoms with Crippen LogP contribution in [0.2, 0.25) is 0 Å². The SMILES string of the molecule is C.CC(O)c1scc[n+]1CC(=O)N1CCCC1.[Cl-]. The van der Waals surface area contributed by atoms with E-state index in [-0.39, 0.29) is 25.7 Å². The van der Waals surface area contributed by atoms with E-state index in [0.29, 0.717) is 6.54 Å². The van der Waals surface area contributed by atoms with Crippen molar-refractivity contribution in [3.05, 3.63) is 16.6 Å². The molecule has 0 aliphatic carbocycles. The molecule has 1 N–H and O–H groups in total. The Morgan fingerprint density at radius 1 is 1.56 bits per heavy atom. The third-order valence-electron chi connectivity index (χ3n) is 2.83. The molecule has 2 heterocycles. The van der Waals surface area contributed by atoms with Crippen LogP contribution in [0.1, 0.15) is 38.3 Å². The summed E-state index contributed by atoms with van der Waals surface area (Å²) in [5, 5.41) is 12.3. The maximum atomic E-state index is 11.9. The first kappa shape index (κ1) is 17.4. The fourth-order valence-corrected chi connectivity index (χ4v) is 2.80. The second-order valence-corrected chi connectivity index (χ2v) is 5.06. The third-order valence-corrected chi connectivity index (χ3v) is 3.91. The summed E-state index contributed by atoms with van der Waals surface area (Å²) >= 11 is 1.48. The summed E-state index contributed by atoms with van der Waals surface area (Å²) in [5.41, 5.74) is 0. The number of likely N-dealkylation sites (tertiary alicyclic amines) is 1. The highest BCUT2D eigenvalue weighted by Crippen LogP contribution is 2.13. The Bertz CT molecular complexity index is 376. The van der Waals surface area contributed by atoms with Crippen LogP contribution in [0, 0.1) is 0 Å². The number of aliphatic hydroxyl groups excluding tert-OH is 1. The van der Waals surface area contributed by atoms with Gasteiger partial charge in [-0.3, -0.25) is 4.79 Å². The van der Waals surface area contributed by atoms with Crippen molar-refractivity contribution >= 4 is 17.2 Å². The minimum absolute atomic E-state index is 0. The lowest BCUT2D eigenvalue weighted by Gasteiger charge is -2.12. The van der Waals surface area contributed by atoms with Gasteiger partial charge in [-0.15, -0.1) is 0 Å². The van der Waals surface area contributed by atoms with Gasteiger partial charge in [0.2, 0.25) is 6.54 Å². The van der Waals surface area contributed by atoms with Crippen molar-refractivity contribution in [3.8, 4) is 0 Å². The molecule has 1 saturated heterocycles. The number of nitrogens with zero attached hydrogens (tertiary/aromatic N) is 2. The molecule has 0 aromatic carbocycles. The molecule has 0 spiro atoms. The monoisotopic (exact) mass is 292 g/mol. The van der Waals surface area contributed by atoms with Gasteiger partial charge in [0.15, 0.2) is 6.20 Å². The fraction of sp³-hybridized carbons (Fsp3) is 0.667. The molecular formula is C12H21ClN2O2S. The molecule has 1 aromatic heterocycles. The number of carbonyl (C=O) groups is 1. The van der Waals surface area contributed by atoms with Gasteiger partial charge in [0.05, 0.1) is 5.38 Å². The molecule has 1 aromatic rings. The standard InChI is InChI=1S/C11H17N2O2S.CH4.ClH/c1-9(14)11-13(6-7-16-11)8-10(15)12-4-2-3-5-12;;/h6-7,9,14H,2-5,8H2,1H3;1H4;1H/q+1;;/p-1. The summed E-state index contributed by atoms with van der Waals surface area (Å²) in [6.07, 6.45) is 3.58. The average Bonchev–Trinajstić information content (AvgIpc) is 2.86. The van der Waals surface area contributed by atoms with Crippen molar-refractivity contribution in [2.45, 2.75) is 39.8 Å². The molecule has 1 aliphatic heterocycles. The summed E-state index contributed by atoms with van der Waals surface area (Å²) in [7, 11) is 0. The fourth-order valence-electron chi connectivity index (χ4n) is 2.00. The van der Waals surface area contributed by atoms with Crippen LogP contribution in [-0.2, 0) is 11.3 Å². The minimum atomic E-state index is -0.508. The minimum Gasteiger partial charge on any atom is -1.00 e. The highest BCUT2D eigenvalue weighted by Gasteiger charge is 2.25. The van der Waals surface area contributed by atoms with E-state index < -0.39 is 6.10 Å². The van der Waals surface area contributed by atoms with Gasteiger partial charge >= 0.3 is 0 Å². The van der Waals surface area contributed by atoms with Gasteiger partial charge in [0, 0.05) is 13.1 Å². The van der Waals surface area contributed by atoms with Gasteiger partial charge < -0.3 is 22.4 Å². The quantitative estimate of drug-likeness (QED) is 0.679. The maximum Gasteiger partial charge on any atom is 0.288 e. The Morgan fingerprint density at radius 3 is 2.72 bits per heavy atom. The Kier molecular flexibility index (Phi) is 7.43. The zero-order valence-electron chi connectivity index (χ0n) is 9.80. The van der Waals surface area contributed by atoms with Crippen LogP contribution in [0.15, 0.2) is 11.6 Å². The summed E-state index contributed by atoms with van der Waals surface area (Å²) < 4.78 is 1.84. The molecule has 1 aliphatic rings. The first-order valence-electron chi connectivity index (χ1n) is 5.61. The number of carbonyl (C=O) groups excluding carboxylic acids is 1. The third kappa shape index (κ3) is 3.93. The molecule has 1 amide bonds. The molecule has 104 valence electrons. The molecule has 18 heavy (non-hydrogen) atoms. The van der Waals surface area contributed by atoms with E-state index in [4.69, 9.17) is 0 Å². The van der Waals surface area contributed by atoms with E-state index in [2.05, 4.69) is 0 Å². The maximum absolute atomic E-state index is 11.9. The van der Waals surface area contributed by atoms with Crippen molar-refractivity contribution < 1.29 is 26.9 Å². The normalized spacial score (nSPS) is 15.8. The lowest BCUT2D eigenvalue weighted by atomic mass is 10.4. The van der Waals surface area contributed by atoms with Gasteiger partial charge in [0.1, 0.15) is 6.10 Å². The summed E-state index contributed by atoms with van der Waals surface area (Å²) in [4.78, 5) is 13.8. The predicted octanol–water partition coefficient (Wildman–Crippen LogP) is -1.65. The lowest BCUT2D eigenvalue weighted by Crippen LogP contribution is -3.00. The van der Waals surface area contributed by atoms with E-state index in [1.807, 2.05) is 21.0 Å². The van der Waals surface area contributed by atoms with Gasteiger partial charge in [-0.1, -0.05) is 18.8 Å². The number of hydrogen-bond acceptors (Lipinski definition) is 3. The van der Waals surface area contributed by atoms with Crippen LogP contribution in [0.3, 0.4) is 0 Å². The van der Waals surface area contributed by atoms with Crippen molar-refractivity contribution in [2.24, 2.45) is 0 Å². The van der Waals surface area contributed by atoms with Gasteiger partial charge in [-0.05, 0) is 19.8 Å². The van der Waals surface area contributed by atoms with E-state index in [0.717, 1.165) is 30.9 Å².